The van der Waals surface area contributed by atoms with Gasteiger partial charge >= 0.3 is 5.96 Å². The molecule has 24 heavy (non-hydrogen) atoms. The zero-order valence-electron chi connectivity index (χ0n) is 14.4. The zero-order valence-corrected chi connectivity index (χ0v) is 15.2. The molecule has 1 unspecified atom stereocenters. The number of quaternary nitrogens is 1. The SMILES string of the molecule is C[C@H]1[C@H]([NH+]2CNC(Nc3nc4ccccc4s3)=[NH+]C2)CCC[C@@H]1C. The molecule has 0 amide bonds. The predicted molar refractivity (Wildman–Crippen MR) is 99.0 cm³/mol. The Hall–Kier alpha value is -1.66. The fourth-order valence-corrected chi connectivity index (χ4v) is 4.94. The van der Waals surface area contributed by atoms with E-state index in [1.54, 1.807) is 16.2 Å². The van der Waals surface area contributed by atoms with Crippen LogP contribution < -0.4 is 20.5 Å². The maximum Gasteiger partial charge on any atom is 0.359 e. The quantitative estimate of drug-likeness (QED) is 0.636. The van der Waals surface area contributed by atoms with Crippen molar-refractivity contribution in [1.82, 2.24) is 10.3 Å². The second kappa shape index (κ2) is 6.69. The summed E-state index contributed by atoms with van der Waals surface area (Å²) >= 11 is 1.69. The normalized spacial score (nSPS) is 30.7. The number of aromatic nitrogens is 1. The lowest BCUT2D eigenvalue weighted by atomic mass is 9.77. The smallest absolute Gasteiger partial charge is 0.274 e. The third-order valence-corrected chi connectivity index (χ3v) is 6.69. The largest absolute Gasteiger partial charge is 0.359 e. The first-order valence-electron chi connectivity index (χ1n) is 9.02. The first kappa shape index (κ1) is 15.8. The van der Waals surface area contributed by atoms with Gasteiger partial charge in [0.25, 0.3) is 5.13 Å². The lowest BCUT2D eigenvalue weighted by molar-refractivity contribution is -1.00. The van der Waals surface area contributed by atoms with Crippen molar-refractivity contribution in [1.29, 1.82) is 0 Å². The third-order valence-electron chi connectivity index (χ3n) is 5.74. The van der Waals surface area contributed by atoms with E-state index >= 15 is 0 Å². The zero-order chi connectivity index (χ0) is 16.5. The first-order chi connectivity index (χ1) is 11.7. The molecule has 2 aliphatic rings. The van der Waals surface area contributed by atoms with E-state index in [2.05, 4.69) is 52.7 Å². The van der Waals surface area contributed by atoms with Crippen LogP contribution in [0.25, 0.3) is 10.2 Å². The number of para-hydroxylation sites is 1. The van der Waals surface area contributed by atoms with Gasteiger partial charge in [0.15, 0.2) is 13.3 Å². The standard InChI is InChI=1S/C18H25N5S/c1-12-6-5-8-15(13(12)2)23-10-19-17(20-11-23)22-18-21-14-7-3-4-9-16(14)24-18/h3-4,7,9,12-13,15H,5-6,8,10-11H2,1-2H3,(H2,19,20,21,22)/p+2/t12-,13+,15+/m0/s1. The molecule has 1 fully saturated rings. The monoisotopic (exact) mass is 345 g/mol. The van der Waals surface area contributed by atoms with Gasteiger partial charge in [-0.1, -0.05) is 37.3 Å². The molecule has 128 valence electrons. The summed E-state index contributed by atoms with van der Waals surface area (Å²) in [5.41, 5.74) is 1.05. The number of fused-ring (bicyclic) bond motifs is 1. The Labute approximate surface area is 147 Å². The Balaban J connectivity index is 1.41. The summed E-state index contributed by atoms with van der Waals surface area (Å²) < 4.78 is 1.22. The van der Waals surface area contributed by atoms with Crippen LogP contribution in [0.15, 0.2) is 24.3 Å². The molecule has 2 aromatic rings. The van der Waals surface area contributed by atoms with E-state index in [1.807, 2.05) is 6.07 Å². The summed E-state index contributed by atoms with van der Waals surface area (Å²) in [5.74, 6) is 2.63. The van der Waals surface area contributed by atoms with Gasteiger partial charge < -0.3 is 0 Å². The van der Waals surface area contributed by atoms with Gasteiger partial charge in [0, 0.05) is 5.92 Å². The number of benzene rings is 1. The molecule has 4 atom stereocenters. The van der Waals surface area contributed by atoms with E-state index < -0.39 is 0 Å². The molecule has 1 saturated carbocycles. The lowest BCUT2D eigenvalue weighted by Crippen LogP contribution is -3.27. The van der Waals surface area contributed by atoms with Crippen LogP contribution in [0.1, 0.15) is 33.1 Å². The van der Waals surface area contributed by atoms with Gasteiger partial charge in [-0.2, -0.15) is 0 Å². The number of thiazole rings is 1. The second-order valence-corrected chi connectivity index (χ2v) is 8.26. The van der Waals surface area contributed by atoms with Crippen LogP contribution in [0.4, 0.5) is 5.13 Å². The Morgan fingerprint density at radius 3 is 2.96 bits per heavy atom. The second-order valence-electron chi connectivity index (χ2n) is 7.23. The fourth-order valence-electron chi connectivity index (χ4n) is 4.07. The first-order valence-corrected chi connectivity index (χ1v) is 9.84. The third kappa shape index (κ3) is 3.13. The van der Waals surface area contributed by atoms with Crippen LogP contribution in [-0.4, -0.2) is 30.3 Å². The molecule has 1 aliphatic carbocycles. The van der Waals surface area contributed by atoms with Gasteiger partial charge in [0.05, 0.1) is 16.3 Å². The van der Waals surface area contributed by atoms with E-state index in [1.165, 1.54) is 24.0 Å². The fraction of sp³-hybridized carbons (Fsp3) is 0.556. The van der Waals surface area contributed by atoms with Crippen LogP contribution in [0.3, 0.4) is 0 Å². The van der Waals surface area contributed by atoms with E-state index in [9.17, 15) is 0 Å². The van der Waals surface area contributed by atoms with Crippen LogP contribution >= 0.6 is 11.3 Å². The van der Waals surface area contributed by atoms with Crippen LogP contribution in [0.2, 0.25) is 0 Å². The molecular formula is C18H27N5S+2. The number of nitrogens with one attached hydrogen (secondary N) is 4. The molecule has 1 aromatic heterocycles. The Kier molecular flexibility index (Phi) is 4.41. The highest BCUT2D eigenvalue weighted by Crippen LogP contribution is 2.28. The molecule has 6 heteroatoms. The van der Waals surface area contributed by atoms with Crippen LogP contribution in [0.5, 0.6) is 0 Å². The van der Waals surface area contributed by atoms with E-state index in [0.717, 1.165) is 47.8 Å². The van der Waals surface area contributed by atoms with Gasteiger partial charge in [-0.05, 0) is 37.3 Å². The number of hydrogen-bond donors (Lipinski definition) is 4. The summed E-state index contributed by atoms with van der Waals surface area (Å²) in [6.07, 6.45) is 4.12. The van der Waals surface area contributed by atoms with Crippen molar-refractivity contribution < 1.29 is 9.89 Å². The van der Waals surface area contributed by atoms with Gasteiger partial charge in [-0.3, -0.25) is 4.90 Å². The Morgan fingerprint density at radius 2 is 2.17 bits per heavy atom. The summed E-state index contributed by atoms with van der Waals surface area (Å²) in [4.78, 5) is 9.78. The van der Waals surface area contributed by atoms with Crippen molar-refractivity contribution in [2.75, 3.05) is 18.7 Å². The highest BCUT2D eigenvalue weighted by atomic mass is 32.1. The summed E-state index contributed by atoms with van der Waals surface area (Å²) in [6, 6.07) is 9.02. The molecule has 1 aliphatic heterocycles. The number of rotatable bonds is 2. The predicted octanol–water partition coefficient (Wildman–Crippen LogP) is 0.373. The number of nitrogens with zero attached hydrogens (tertiary/aromatic N) is 1. The van der Waals surface area contributed by atoms with Crippen molar-refractivity contribution in [3.05, 3.63) is 24.3 Å². The summed E-state index contributed by atoms with van der Waals surface area (Å²) in [5, 5.41) is 7.86. The van der Waals surface area contributed by atoms with Crippen molar-refractivity contribution in [3.63, 3.8) is 0 Å². The maximum atomic E-state index is 4.64. The summed E-state index contributed by atoms with van der Waals surface area (Å²) in [7, 11) is 0. The van der Waals surface area contributed by atoms with Crippen molar-refractivity contribution in [2.24, 2.45) is 11.8 Å². The molecule has 0 radical (unpaired) electrons. The molecule has 4 N–H and O–H groups in total. The molecule has 4 rings (SSSR count). The molecule has 0 bridgehead atoms. The van der Waals surface area contributed by atoms with E-state index in [-0.39, 0.29) is 0 Å². The van der Waals surface area contributed by atoms with Crippen molar-refractivity contribution in [3.8, 4) is 0 Å². The van der Waals surface area contributed by atoms with Gasteiger partial charge in [-0.25, -0.2) is 20.6 Å². The minimum atomic E-state index is 0.762. The van der Waals surface area contributed by atoms with E-state index in [0.29, 0.717) is 0 Å². The van der Waals surface area contributed by atoms with E-state index in [4.69, 9.17) is 0 Å². The van der Waals surface area contributed by atoms with Crippen molar-refractivity contribution >= 4 is 32.6 Å². The summed E-state index contributed by atoms with van der Waals surface area (Å²) in [6.45, 7) is 6.79. The molecule has 0 saturated heterocycles. The van der Waals surface area contributed by atoms with Crippen LogP contribution in [-0.2, 0) is 0 Å². The molecule has 2 heterocycles. The molecule has 1 aromatic carbocycles. The number of guanidine groups is 1. The highest BCUT2D eigenvalue weighted by Gasteiger charge is 2.36. The minimum Gasteiger partial charge on any atom is -0.274 e. The average molecular weight is 346 g/mol. The molecule has 5 nitrogen and oxygen atoms in total. The average Bonchev–Trinajstić information content (AvgIpc) is 3.00. The molecule has 0 spiro atoms. The number of anilines is 1. The Morgan fingerprint density at radius 1 is 1.29 bits per heavy atom. The van der Waals surface area contributed by atoms with Gasteiger partial charge in [-0.15, -0.1) is 0 Å². The minimum absolute atomic E-state index is 0.762. The maximum absolute atomic E-state index is 4.64. The number of hydrogen-bond acceptors (Lipinski definition) is 4. The Bertz CT molecular complexity index is 707. The topological polar surface area (TPSA) is 55.4 Å². The highest BCUT2D eigenvalue weighted by molar-refractivity contribution is 7.22. The van der Waals surface area contributed by atoms with Gasteiger partial charge in [0.2, 0.25) is 0 Å². The van der Waals surface area contributed by atoms with Gasteiger partial charge in [0.1, 0.15) is 0 Å². The lowest BCUT2D eigenvalue weighted by Gasteiger charge is -2.38. The van der Waals surface area contributed by atoms with Crippen LogP contribution in [0, 0.1) is 11.8 Å². The molecular weight excluding hydrogens is 318 g/mol. The van der Waals surface area contributed by atoms with Crippen molar-refractivity contribution in [2.45, 2.75) is 39.2 Å².